The fraction of sp³-hybridized carbons (Fsp3) is 0.429. The van der Waals surface area contributed by atoms with Crippen molar-refractivity contribution in [2.75, 3.05) is 5.48 Å². The number of hydrogen-bond donors (Lipinski definition) is 2. The van der Waals surface area contributed by atoms with Crippen molar-refractivity contribution in [3.63, 3.8) is 0 Å². The summed E-state index contributed by atoms with van der Waals surface area (Å²) in [5, 5.41) is 8.50. The van der Waals surface area contributed by atoms with E-state index in [1.54, 1.807) is 6.07 Å². The van der Waals surface area contributed by atoms with Crippen LogP contribution in [0.5, 0.6) is 0 Å². The maximum atomic E-state index is 8.50. The maximum Gasteiger partial charge on any atom is 0.153 e. The van der Waals surface area contributed by atoms with Crippen molar-refractivity contribution < 1.29 is 5.21 Å². The fourth-order valence-electron chi connectivity index (χ4n) is 0.749. The van der Waals surface area contributed by atoms with E-state index < -0.39 is 0 Å². The van der Waals surface area contributed by atoms with Gasteiger partial charge in [0.25, 0.3) is 0 Å². The van der Waals surface area contributed by atoms with Crippen LogP contribution in [0.4, 0.5) is 5.82 Å². The molecule has 0 bridgehead atoms. The highest BCUT2D eigenvalue weighted by molar-refractivity contribution is 5.32. The van der Waals surface area contributed by atoms with Gasteiger partial charge < -0.3 is 0 Å². The molecule has 0 amide bonds. The Hall–Kier alpha value is -1.16. The molecule has 0 aliphatic heterocycles. The molecule has 4 nitrogen and oxygen atoms in total. The maximum absolute atomic E-state index is 8.50. The summed E-state index contributed by atoms with van der Waals surface area (Å²) in [5.41, 5.74) is 2.88. The van der Waals surface area contributed by atoms with Crippen LogP contribution in [0.1, 0.15) is 25.5 Å². The Labute approximate surface area is 65.3 Å². The van der Waals surface area contributed by atoms with Gasteiger partial charge in [0.05, 0.1) is 0 Å². The number of nitrogens with one attached hydrogen (secondary N) is 1. The highest BCUT2D eigenvalue weighted by atomic mass is 16.5. The number of rotatable bonds is 2. The van der Waals surface area contributed by atoms with Gasteiger partial charge in [-0.3, -0.25) is 10.7 Å². The van der Waals surface area contributed by atoms with Crippen LogP contribution in [0.3, 0.4) is 0 Å². The molecule has 0 fully saturated rings. The smallest absolute Gasteiger partial charge is 0.153 e. The van der Waals surface area contributed by atoms with Gasteiger partial charge in [-0.05, 0) is 5.92 Å². The van der Waals surface area contributed by atoms with E-state index in [-0.39, 0.29) is 0 Å². The average molecular weight is 153 g/mol. The molecule has 2 N–H and O–H groups in total. The van der Waals surface area contributed by atoms with Crippen LogP contribution in [-0.2, 0) is 0 Å². The van der Waals surface area contributed by atoms with Gasteiger partial charge in [0.1, 0.15) is 6.33 Å². The first-order valence-corrected chi connectivity index (χ1v) is 3.46. The molecule has 0 saturated heterocycles. The zero-order valence-corrected chi connectivity index (χ0v) is 6.57. The Morgan fingerprint density at radius 2 is 2.18 bits per heavy atom. The van der Waals surface area contributed by atoms with Crippen molar-refractivity contribution in [2.24, 2.45) is 0 Å². The third-order valence-corrected chi connectivity index (χ3v) is 1.39. The number of nitrogens with zero attached hydrogens (tertiary/aromatic N) is 2. The first kappa shape index (κ1) is 7.94. The van der Waals surface area contributed by atoms with Crippen molar-refractivity contribution in [1.29, 1.82) is 0 Å². The van der Waals surface area contributed by atoms with Crippen molar-refractivity contribution in [2.45, 2.75) is 19.8 Å². The monoisotopic (exact) mass is 153 g/mol. The summed E-state index contributed by atoms with van der Waals surface area (Å²) in [6.07, 6.45) is 1.42. The van der Waals surface area contributed by atoms with E-state index in [1.165, 1.54) is 6.33 Å². The summed E-state index contributed by atoms with van der Waals surface area (Å²) in [6.45, 7) is 4.06. The third-order valence-electron chi connectivity index (χ3n) is 1.39. The Morgan fingerprint density at radius 1 is 1.45 bits per heavy atom. The number of hydrogen-bond acceptors (Lipinski definition) is 4. The molecule has 1 aromatic heterocycles. The van der Waals surface area contributed by atoms with Crippen molar-refractivity contribution >= 4 is 5.82 Å². The largest absolute Gasteiger partial charge is 0.290 e. The molecule has 0 spiro atoms. The zero-order valence-electron chi connectivity index (χ0n) is 6.57. The second-order valence-corrected chi connectivity index (χ2v) is 2.59. The van der Waals surface area contributed by atoms with E-state index in [4.69, 9.17) is 5.21 Å². The van der Waals surface area contributed by atoms with E-state index >= 15 is 0 Å². The molecule has 1 rings (SSSR count). The quantitative estimate of drug-likeness (QED) is 0.630. The van der Waals surface area contributed by atoms with E-state index in [9.17, 15) is 0 Å². The molecule has 0 aliphatic rings. The minimum atomic E-state index is 0.352. The summed E-state index contributed by atoms with van der Waals surface area (Å²) < 4.78 is 0. The van der Waals surface area contributed by atoms with Gasteiger partial charge in [-0.2, -0.15) is 0 Å². The van der Waals surface area contributed by atoms with Crippen molar-refractivity contribution in [3.05, 3.63) is 18.1 Å². The molecule has 60 valence electrons. The molecule has 0 unspecified atom stereocenters. The van der Waals surface area contributed by atoms with Gasteiger partial charge in [-0.25, -0.2) is 9.97 Å². The molecule has 0 saturated carbocycles. The van der Waals surface area contributed by atoms with Gasteiger partial charge in [0.2, 0.25) is 0 Å². The molecule has 1 aromatic rings. The van der Waals surface area contributed by atoms with Gasteiger partial charge >= 0.3 is 0 Å². The van der Waals surface area contributed by atoms with E-state index in [2.05, 4.69) is 9.97 Å². The fourth-order valence-corrected chi connectivity index (χ4v) is 0.749. The lowest BCUT2D eigenvalue weighted by molar-refractivity contribution is 0.385. The molecular formula is C7H11N3O. The average Bonchev–Trinajstić information content (AvgIpc) is 2.05. The number of aromatic nitrogens is 2. The normalized spacial score (nSPS) is 10.2. The van der Waals surface area contributed by atoms with Gasteiger partial charge in [0, 0.05) is 11.8 Å². The molecular weight excluding hydrogens is 142 g/mol. The highest BCUT2D eigenvalue weighted by Crippen LogP contribution is 2.12. The Balaban J connectivity index is 2.91. The lowest BCUT2D eigenvalue weighted by Crippen LogP contribution is -1.98. The second-order valence-electron chi connectivity index (χ2n) is 2.59. The van der Waals surface area contributed by atoms with Crippen LogP contribution >= 0.6 is 0 Å². The number of anilines is 1. The summed E-state index contributed by atoms with van der Waals surface area (Å²) in [4.78, 5) is 7.79. The Morgan fingerprint density at radius 3 is 2.73 bits per heavy atom. The lowest BCUT2D eigenvalue weighted by Gasteiger charge is -2.04. The molecule has 0 aromatic carbocycles. The standard InChI is InChI=1S/C7H11N3O/c1-5(2)6-3-7(10-11)9-4-8-6/h3-5,11H,1-2H3,(H,8,9,10). The first-order chi connectivity index (χ1) is 5.24. The first-order valence-electron chi connectivity index (χ1n) is 3.46. The molecule has 1 heterocycles. The summed E-state index contributed by atoms with van der Waals surface area (Å²) in [6, 6.07) is 1.71. The van der Waals surface area contributed by atoms with E-state index in [0.29, 0.717) is 11.7 Å². The van der Waals surface area contributed by atoms with E-state index in [0.717, 1.165) is 5.69 Å². The highest BCUT2D eigenvalue weighted by Gasteiger charge is 2.00. The van der Waals surface area contributed by atoms with Crippen LogP contribution in [0.2, 0.25) is 0 Å². The SMILES string of the molecule is CC(C)c1cc(NO)ncn1. The van der Waals surface area contributed by atoms with Gasteiger partial charge in [-0.15, -0.1) is 0 Å². The molecule has 0 radical (unpaired) electrons. The van der Waals surface area contributed by atoms with Crippen molar-refractivity contribution in [3.8, 4) is 0 Å². The topological polar surface area (TPSA) is 58.0 Å². The van der Waals surface area contributed by atoms with E-state index in [1.807, 2.05) is 19.3 Å². The van der Waals surface area contributed by atoms with Crippen LogP contribution in [-0.4, -0.2) is 15.2 Å². The van der Waals surface area contributed by atoms with Crippen molar-refractivity contribution in [1.82, 2.24) is 9.97 Å². The predicted octanol–water partition coefficient (Wildman–Crippen LogP) is 1.40. The minimum absolute atomic E-state index is 0.352. The molecule has 0 aliphatic carbocycles. The summed E-state index contributed by atoms with van der Waals surface area (Å²) >= 11 is 0. The Bertz CT molecular complexity index is 237. The Kier molecular flexibility index (Phi) is 2.38. The minimum Gasteiger partial charge on any atom is -0.290 e. The molecule has 0 atom stereocenters. The second kappa shape index (κ2) is 3.30. The summed E-state index contributed by atoms with van der Waals surface area (Å²) in [5.74, 6) is 0.786. The third kappa shape index (κ3) is 1.88. The van der Waals surface area contributed by atoms with Crippen LogP contribution in [0.15, 0.2) is 12.4 Å². The van der Waals surface area contributed by atoms with Gasteiger partial charge in [-0.1, -0.05) is 13.8 Å². The molecule has 11 heavy (non-hydrogen) atoms. The van der Waals surface area contributed by atoms with Crippen LogP contribution < -0.4 is 5.48 Å². The molecule has 4 heteroatoms. The zero-order chi connectivity index (χ0) is 8.27. The lowest BCUT2D eigenvalue weighted by atomic mass is 10.1. The van der Waals surface area contributed by atoms with Gasteiger partial charge in [0.15, 0.2) is 5.82 Å². The van der Waals surface area contributed by atoms with Crippen LogP contribution in [0.25, 0.3) is 0 Å². The summed E-state index contributed by atoms with van der Waals surface area (Å²) in [7, 11) is 0. The predicted molar refractivity (Wildman–Crippen MR) is 41.5 cm³/mol. The van der Waals surface area contributed by atoms with Crippen LogP contribution in [0, 0.1) is 0 Å².